The van der Waals surface area contributed by atoms with E-state index in [0.717, 1.165) is 29.3 Å². The SMILES string of the molecule is CC1(C)[C@@H]2C[C@H](CC=CCCCC(=O)O)[C@@H](NC(=O)c3csc4ccc(O)cc34)[C@H]1C2. The molecule has 3 fully saturated rings. The van der Waals surface area contributed by atoms with E-state index in [-0.39, 0.29) is 29.5 Å². The van der Waals surface area contributed by atoms with Gasteiger partial charge in [0, 0.05) is 27.9 Å². The summed E-state index contributed by atoms with van der Waals surface area (Å²) < 4.78 is 0.997. The minimum Gasteiger partial charge on any atom is -0.508 e. The fourth-order valence-electron chi connectivity index (χ4n) is 5.55. The van der Waals surface area contributed by atoms with E-state index in [1.165, 1.54) is 17.8 Å². The highest BCUT2D eigenvalue weighted by atomic mass is 32.1. The van der Waals surface area contributed by atoms with Crippen molar-refractivity contribution in [3.8, 4) is 5.75 Å². The van der Waals surface area contributed by atoms with Gasteiger partial charge in [0.1, 0.15) is 5.75 Å². The lowest BCUT2D eigenvalue weighted by Gasteiger charge is -2.62. The van der Waals surface area contributed by atoms with Gasteiger partial charge >= 0.3 is 5.97 Å². The van der Waals surface area contributed by atoms with Gasteiger partial charge in [0.05, 0.1) is 5.56 Å². The van der Waals surface area contributed by atoms with E-state index in [1.54, 1.807) is 12.1 Å². The molecule has 0 unspecified atom stereocenters. The van der Waals surface area contributed by atoms with Gasteiger partial charge in [0.2, 0.25) is 0 Å². The molecule has 0 spiro atoms. The highest BCUT2D eigenvalue weighted by Crippen LogP contribution is 2.61. The van der Waals surface area contributed by atoms with E-state index in [2.05, 4.69) is 31.3 Å². The van der Waals surface area contributed by atoms with Crippen LogP contribution in [0.3, 0.4) is 0 Å². The number of hydrogen-bond acceptors (Lipinski definition) is 4. The minimum atomic E-state index is -0.750. The van der Waals surface area contributed by atoms with Crippen LogP contribution in [0.15, 0.2) is 35.7 Å². The number of unbranched alkanes of at least 4 members (excludes halogenated alkanes) is 1. The molecule has 3 aliphatic rings. The second kappa shape index (κ2) is 8.65. The van der Waals surface area contributed by atoms with E-state index >= 15 is 0 Å². The monoisotopic (exact) mass is 441 g/mol. The molecule has 1 aromatic carbocycles. The molecular weight excluding hydrogens is 410 g/mol. The van der Waals surface area contributed by atoms with Crippen LogP contribution in [0.5, 0.6) is 5.75 Å². The third-order valence-corrected chi connectivity index (χ3v) is 8.50. The van der Waals surface area contributed by atoms with E-state index in [4.69, 9.17) is 5.11 Å². The van der Waals surface area contributed by atoms with Crippen LogP contribution in [0.25, 0.3) is 10.1 Å². The molecule has 3 aliphatic carbocycles. The molecule has 2 aromatic rings. The lowest BCUT2D eigenvalue weighted by molar-refractivity contribution is -0.137. The Kier molecular flexibility index (Phi) is 6.11. The Morgan fingerprint density at radius 1 is 1.26 bits per heavy atom. The van der Waals surface area contributed by atoms with Gasteiger partial charge in [-0.3, -0.25) is 9.59 Å². The molecule has 1 amide bonds. The lowest BCUT2D eigenvalue weighted by Crippen LogP contribution is -2.63. The van der Waals surface area contributed by atoms with Crippen LogP contribution in [-0.4, -0.2) is 28.1 Å². The molecule has 31 heavy (non-hydrogen) atoms. The summed E-state index contributed by atoms with van der Waals surface area (Å²) in [6.07, 6.45) is 9.08. The van der Waals surface area contributed by atoms with Crippen LogP contribution in [0, 0.1) is 23.2 Å². The number of thiophene rings is 1. The van der Waals surface area contributed by atoms with Crippen LogP contribution < -0.4 is 5.32 Å². The highest BCUT2D eigenvalue weighted by Gasteiger charge is 2.57. The van der Waals surface area contributed by atoms with Crippen LogP contribution in [0.2, 0.25) is 0 Å². The van der Waals surface area contributed by atoms with Gasteiger partial charge in [-0.05, 0) is 73.5 Å². The number of carboxylic acids is 1. The molecule has 1 aromatic heterocycles. The van der Waals surface area contributed by atoms with Crippen LogP contribution in [0.4, 0.5) is 0 Å². The predicted molar refractivity (Wildman–Crippen MR) is 123 cm³/mol. The first-order valence-electron chi connectivity index (χ1n) is 11.1. The van der Waals surface area contributed by atoms with Crippen LogP contribution >= 0.6 is 11.3 Å². The minimum absolute atomic E-state index is 0.0570. The van der Waals surface area contributed by atoms with Crippen molar-refractivity contribution in [3.63, 3.8) is 0 Å². The Bertz CT molecular complexity index is 1010. The first-order valence-corrected chi connectivity index (χ1v) is 12.0. The van der Waals surface area contributed by atoms with Gasteiger partial charge in [0.15, 0.2) is 0 Å². The number of carbonyl (C=O) groups excluding carboxylic acids is 1. The van der Waals surface area contributed by atoms with Crippen molar-refractivity contribution in [1.82, 2.24) is 5.32 Å². The third-order valence-electron chi connectivity index (χ3n) is 7.54. The average Bonchev–Trinajstić information content (AvgIpc) is 3.13. The number of nitrogens with one attached hydrogen (secondary N) is 1. The number of carboxylic acid groups (broad SMARTS) is 1. The normalized spacial score (nSPS) is 26.6. The summed E-state index contributed by atoms with van der Waals surface area (Å²) in [7, 11) is 0. The Labute approximate surface area is 187 Å². The van der Waals surface area contributed by atoms with E-state index in [1.807, 2.05) is 11.4 Å². The molecule has 6 heteroatoms. The number of aromatic hydroxyl groups is 1. The molecule has 3 saturated carbocycles. The summed E-state index contributed by atoms with van der Waals surface area (Å²) in [4.78, 5) is 23.9. The Morgan fingerprint density at radius 2 is 2.06 bits per heavy atom. The molecule has 0 aliphatic heterocycles. The first kappa shape index (κ1) is 21.9. The van der Waals surface area contributed by atoms with Crippen molar-refractivity contribution >= 4 is 33.3 Å². The number of rotatable bonds is 8. The van der Waals surface area contributed by atoms with Crippen molar-refractivity contribution in [3.05, 3.63) is 41.3 Å². The first-order chi connectivity index (χ1) is 14.8. The molecule has 0 radical (unpaired) electrons. The number of fused-ring (bicyclic) bond motifs is 3. The topological polar surface area (TPSA) is 86.6 Å². The summed E-state index contributed by atoms with van der Waals surface area (Å²) >= 11 is 1.52. The molecule has 0 saturated heterocycles. The highest BCUT2D eigenvalue weighted by molar-refractivity contribution is 7.17. The van der Waals surface area contributed by atoms with Gasteiger partial charge in [0.25, 0.3) is 5.91 Å². The molecule has 4 atom stereocenters. The molecule has 5 nitrogen and oxygen atoms in total. The van der Waals surface area contributed by atoms with Crippen molar-refractivity contribution in [2.24, 2.45) is 23.2 Å². The summed E-state index contributed by atoms with van der Waals surface area (Å²) in [5.41, 5.74) is 0.882. The number of allylic oxidation sites excluding steroid dienone is 2. The third kappa shape index (κ3) is 4.36. The standard InChI is InChI=1S/C25H31NO4S/c1-25(2)16-11-15(7-5-3-4-6-8-22(28)29)23(20(25)12-16)26-24(30)19-14-31-21-10-9-17(27)13-18(19)21/h3,5,9-10,13-16,20,23,27H,4,6-8,11-12H2,1-2H3,(H,26,30)(H,28,29)/t15-,16+,20+,23+/m0/s1. The zero-order valence-corrected chi connectivity index (χ0v) is 19.0. The number of aliphatic carboxylic acids is 1. The molecule has 1 heterocycles. The van der Waals surface area contributed by atoms with Gasteiger partial charge in [-0.1, -0.05) is 26.0 Å². The number of phenolic OH excluding ortho intramolecular Hbond substituents is 1. The maximum atomic E-state index is 13.2. The quantitative estimate of drug-likeness (QED) is 0.368. The Hall–Kier alpha value is -2.34. The summed E-state index contributed by atoms with van der Waals surface area (Å²) in [6, 6.07) is 5.30. The fraction of sp³-hybridized carbons (Fsp3) is 0.520. The number of phenols is 1. The second-order valence-corrected chi connectivity index (χ2v) is 10.6. The van der Waals surface area contributed by atoms with E-state index in [9.17, 15) is 14.7 Å². The number of benzene rings is 1. The molecule has 5 rings (SSSR count). The fourth-order valence-corrected chi connectivity index (χ4v) is 6.47. The summed E-state index contributed by atoms with van der Waals surface area (Å²) in [5, 5.41) is 24.7. The van der Waals surface area contributed by atoms with Gasteiger partial charge in [-0.2, -0.15) is 0 Å². The molecule has 2 bridgehead atoms. The van der Waals surface area contributed by atoms with Crippen molar-refractivity contribution in [1.29, 1.82) is 0 Å². The lowest BCUT2D eigenvalue weighted by atomic mass is 9.44. The van der Waals surface area contributed by atoms with Crippen molar-refractivity contribution in [2.45, 2.75) is 58.4 Å². The maximum Gasteiger partial charge on any atom is 0.303 e. The average molecular weight is 442 g/mol. The molecule has 166 valence electrons. The smallest absolute Gasteiger partial charge is 0.303 e. The summed E-state index contributed by atoms with van der Waals surface area (Å²) in [6.45, 7) is 4.64. The largest absolute Gasteiger partial charge is 0.508 e. The predicted octanol–water partition coefficient (Wildman–Crippen LogP) is 5.59. The zero-order valence-electron chi connectivity index (χ0n) is 18.1. The number of carbonyl (C=O) groups is 2. The van der Waals surface area contributed by atoms with Crippen LogP contribution in [-0.2, 0) is 4.79 Å². The zero-order chi connectivity index (χ0) is 22.2. The van der Waals surface area contributed by atoms with Gasteiger partial charge < -0.3 is 15.5 Å². The van der Waals surface area contributed by atoms with Crippen molar-refractivity contribution in [2.75, 3.05) is 0 Å². The maximum absolute atomic E-state index is 13.2. The van der Waals surface area contributed by atoms with Crippen LogP contribution in [0.1, 0.15) is 62.7 Å². The Morgan fingerprint density at radius 3 is 2.81 bits per heavy atom. The van der Waals surface area contributed by atoms with Gasteiger partial charge in [-0.15, -0.1) is 11.3 Å². The summed E-state index contributed by atoms with van der Waals surface area (Å²) in [5.74, 6) is 0.939. The molecular formula is C25H31NO4S. The number of hydrogen-bond donors (Lipinski definition) is 3. The Balaban J connectivity index is 1.46. The second-order valence-electron chi connectivity index (χ2n) is 9.68. The molecule has 3 N–H and O–H groups in total. The van der Waals surface area contributed by atoms with Crippen molar-refractivity contribution < 1.29 is 19.8 Å². The number of amides is 1. The van der Waals surface area contributed by atoms with E-state index < -0.39 is 5.97 Å². The van der Waals surface area contributed by atoms with E-state index in [0.29, 0.717) is 29.7 Å². The van der Waals surface area contributed by atoms with Gasteiger partial charge in [-0.25, -0.2) is 0 Å².